The molecule has 1 aliphatic heterocycles. The van der Waals surface area contributed by atoms with E-state index in [1.54, 1.807) is 29.3 Å². The fraction of sp³-hybridized carbons (Fsp3) is 0.391. The SMILES string of the molecule is CCC1C(=O)NC(C)CN1C(=O)c1cc(OC)c2oc(CCc3cc(Cl)ccn3)nc2c1. The van der Waals surface area contributed by atoms with Gasteiger partial charge in [-0.05, 0) is 44.0 Å². The van der Waals surface area contributed by atoms with Gasteiger partial charge in [0.2, 0.25) is 5.91 Å². The fourth-order valence-corrected chi connectivity index (χ4v) is 4.18. The van der Waals surface area contributed by atoms with Gasteiger partial charge in [-0.15, -0.1) is 0 Å². The highest BCUT2D eigenvalue weighted by molar-refractivity contribution is 6.30. The van der Waals surface area contributed by atoms with Gasteiger partial charge in [0.15, 0.2) is 17.2 Å². The van der Waals surface area contributed by atoms with Gasteiger partial charge >= 0.3 is 0 Å². The molecule has 0 aliphatic carbocycles. The number of benzene rings is 1. The number of hydrogen-bond acceptors (Lipinski definition) is 6. The second-order valence-corrected chi connectivity index (χ2v) is 8.33. The molecule has 0 spiro atoms. The first-order valence-corrected chi connectivity index (χ1v) is 11.0. The van der Waals surface area contributed by atoms with Crippen molar-refractivity contribution in [3.8, 4) is 5.75 Å². The van der Waals surface area contributed by atoms with E-state index in [-0.39, 0.29) is 17.9 Å². The minimum Gasteiger partial charge on any atom is -0.493 e. The van der Waals surface area contributed by atoms with Crippen LogP contribution in [0.5, 0.6) is 5.75 Å². The molecule has 1 fully saturated rings. The highest BCUT2D eigenvalue weighted by atomic mass is 35.5. The summed E-state index contributed by atoms with van der Waals surface area (Å²) in [5.74, 6) is 0.576. The molecular weight excluding hydrogens is 432 g/mol. The Morgan fingerprint density at radius 2 is 2.16 bits per heavy atom. The summed E-state index contributed by atoms with van der Waals surface area (Å²) < 4.78 is 11.4. The van der Waals surface area contributed by atoms with E-state index in [1.165, 1.54) is 7.11 Å². The lowest BCUT2D eigenvalue weighted by atomic mass is 10.0. The highest BCUT2D eigenvalue weighted by Gasteiger charge is 2.35. The molecule has 1 aliphatic rings. The van der Waals surface area contributed by atoms with Crippen LogP contribution in [0.2, 0.25) is 5.02 Å². The maximum absolute atomic E-state index is 13.3. The standard InChI is InChI=1S/C23H25ClN4O4/c1-4-18-22(29)26-13(2)12-28(18)23(30)14-9-17-21(19(10-14)31-3)32-20(27-17)6-5-16-11-15(24)7-8-25-16/h7-11,13,18H,4-6,12H2,1-3H3,(H,26,29). The Labute approximate surface area is 190 Å². The quantitative estimate of drug-likeness (QED) is 0.610. The number of amides is 2. The van der Waals surface area contributed by atoms with Crippen molar-refractivity contribution < 1.29 is 18.7 Å². The zero-order chi connectivity index (χ0) is 22.8. The summed E-state index contributed by atoms with van der Waals surface area (Å²) >= 11 is 6.02. The molecule has 0 bridgehead atoms. The van der Waals surface area contributed by atoms with Crippen molar-refractivity contribution in [2.24, 2.45) is 0 Å². The zero-order valence-electron chi connectivity index (χ0n) is 18.2. The number of piperazine rings is 1. The van der Waals surface area contributed by atoms with Crippen molar-refractivity contribution in [1.82, 2.24) is 20.2 Å². The lowest BCUT2D eigenvalue weighted by Gasteiger charge is -2.38. The largest absolute Gasteiger partial charge is 0.493 e. The molecule has 2 aromatic heterocycles. The summed E-state index contributed by atoms with van der Waals surface area (Å²) in [7, 11) is 1.52. The third kappa shape index (κ3) is 4.41. The predicted octanol–water partition coefficient (Wildman–Crippen LogP) is 3.41. The Hall–Kier alpha value is -3.13. The van der Waals surface area contributed by atoms with Crippen LogP contribution in [0.4, 0.5) is 0 Å². The van der Waals surface area contributed by atoms with Crippen LogP contribution in [0.3, 0.4) is 0 Å². The normalized spacial score (nSPS) is 18.6. The summed E-state index contributed by atoms with van der Waals surface area (Å²) in [5.41, 5.74) is 2.26. The molecule has 2 atom stereocenters. The Balaban J connectivity index is 1.61. The molecule has 4 rings (SSSR count). The molecule has 3 heterocycles. The lowest BCUT2D eigenvalue weighted by molar-refractivity contribution is -0.129. The van der Waals surface area contributed by atoms with Gasteiger partial charge in [-0.25, -0.2) is 4.98 Å². The Morgan fingerprint density at radius 1 is 1.34 bits per heavy atom. The van der Waals surface area contributed by atoms with Crippen LogP contribution in [-0.2, 0) is 17.6 Å². The van der Waals surface area contributed by atoms with Crippen molar-refractivity contribution in [2.75, 3.05) is 13.7 Å². The molecule has 2 amide bonds. The first-order chi connectivity index (χ1) is 15.4. The maximum Gasteiger partial charge on any atom is 0.254 e. The maximum atomic E-state index is 13.3. The number of aromatic nitrogens is 2. The van der Waals surface area contributed by atoms with Crippen LogP contribution in [0.25, 0.3) is 11.1 Å². The van der Waals surface area contributed by atoms with Crippen LogP contribution in [-0.4, -0.2) is 52.4 Å². The molecule has 1 saturated heterocycles. The first-order valence-electron chi connectivity index (χ1n) is 10.6. The highest BCUT2D eigenvalue weighted by Crippen LogP contribution is 2.30. The Bertz CT molecular complexity index is 1160. The summed E-state index contributed by atoms with van der Waals surface area (Å²) in [6.07, 6.45) is 3.34. The molecule has 0 radical (unpaired) electrons. The van der Waals surface area contributed by atoms with E-state index in [0.29, 0.717) is 59.1 Å². The number of fused-ring (bicyclic) bond motifs is 1. The van der Waals surface area contributed by atoms with E-state index in [2.05, 4.69) is 15.3 Å². The van der Waals surface area contributed by atoms with Crippen molar-refractivity contribution in [3.05, 3.63) is 52.6 Å². The van der Waals surface area contributed by atoms with Crippen LogP contribution in [0, 0.1) is 0 Å². The number of carbonyl (C=O) groups excluding carboxylic acids is 2. The number of halogens is 1. The van der Waals surface area contributed by atoms with Crippen molar-refractivity contribution in [1.29, 1.82) is 0 Å². The van der Waals surface area contributed by atoms with E-state index < -0.39 is 6.04 Å². The molecular formula is C23H25ClN4O4. The number of ether oxygens (including phenoxy) is 1. The van der Waals surface area contributed by atoms with E-state index in [0.717, 1.165) is 5.69 Å². The van der Waals surface area contributed by atoms with E-state index >= 15 is 0 Å². The number of oxazole rings is 1. The molecule has 1 aromatic carbocycles. The van der Waals surface area contributed by atoms with Gasteiger partial charge in [0.05, 0.1) is 7.11 Å². The van der Waals surface area contributed by atoms with E-state index in [9.17, 15) is 9.59 Å². The number of hydrogen-bond donors (Lipinski definition) is 1. The molecule has 32 heavy (non-hydrogen) atoms. The molecule has 8 nitrogen and oxygen atoms in total. The Kier molecular flexibility index (Phi) is 6.32. The summed E-state index contributed by atoms with van der Waals surface area (Å²) in [4.78, 5) is 36.2. The van der Waals surface area contributed by atoms with Crippen molar-refractivity contribution in [2.45, 2.75) is 45.2 Å². The fourth-order valence-electron chi connectivity index (χ4n) is 4.00. The average molecular weight is 457 g/mol. The van der Waals surface area contributed by atoms with Crippen LogP contribution >= 0.6 is 11.6 Å². The second kappa shape index (κ2) is 9.16. The first kappa shape index (κ1) is 22.1. The third-order valence-electron chi connectivity index (χ3n) is 5.53. The molecule has 1 N–H and O–H groups in total. The minimum absolute atomic E-state index is 0.112. The molecule has 168 valence electrons. The smallest absolute Gasteiger partial charge is 0.254 e. The monoisotopic (exact) mass is 456 g/mol. The van der Waals surface area contributed by atoms with E-state index in [1.807, 2.05) is 19.9 Å². The molecule has 2 unspecified atom stereocenters. The van der Waals surface area contributed by atoms with Gasteiger partial charge in [0.1, 0.15) is 11.6 Å². The van der Waals surface area contributed by atoms with Gasteiger partial charge in [0, 0.05) is 41.5 Å². The number of nitrogens with one attached hydrogen (secondary N) is 1. The minimum atomic E-state index is -0.501. The summed E-state index contributed by atoms with van der Waals surface area (Å²) in [6.45, 7) is 4.22. The summed E-state index contributed by atoms with van der Waals surface area (Å²) in [5, 5.41) is 3.53. The van der Waals surface area contributed by atoms with Crippen LogP contribution in [0.1, 0.15) is 42.2 Å². The predicted molar refractivity (Wildman–Crippen MR) is 120 cm³/mol. The number of pyridine rings is 1. The summed E-state index contributed by atoms with van der Waals surface area (Å²) in [6, 6.07) is 6.25. The van der Waals surface area contributed by atoms with Crippen molar-refractivity contribution >= 4 is 34.5 Å². The molecule has 9 heteroatoms. The second-order valence-electron chi connectivity index (χ2n) is 7.89. The van der Waals surface area contributed by atoms with Gasteiger partial charge < -0.3 is 19.4 Å². The van der Waals surface area contributed by atoms with Crippen molar-refractivity contribution in [3.63, 3.8) is 0 Å². The van der Waals surface area contributed by atoms with Gasteiger partial charge in [-0.3, -0.25) is 14.6 Å². The number of aryl methyl sites for hydroxylation is 2. The third-order valence-corrected chi connectivity index (χ3v) is 5.76. The zero-order valence-corrected chi connectivity index (χ0v) is 19.0. The van der Waals surface area contributed by atoms with Gasteiger partial charge in [0.25, 0.3) is 5.91 Å². The van der Waals surface area contributed by atoms with Gasteiger partial charge in [-0.2, -0.15) is 0 Å². The van der Waals surface area contributed by atoms with Crippen LogP contribution in [0.15, 0.2) is 34.9 Å². The number of carbonyl (C=O) groups is 2. The van der Waals surface area contributed by atoms with E-state index in [4.69, 9.17) is 20.8 Å². The number of nitrogens with zero attached hydrogens (tertiary/aromatic N) is 3. The number of methoxy groups -OCH3 is 1. The number of rotatable bonds is 6. The average Bonchev–Trinajstić information content (AvgIpc) is 3.19. The molecule has 0 saturated carbocycles. The molecule has 3 aromatic rings. The lowest BCUT2D eigenvalue weighted by Crippen LogP contribution is -2.60. The van der Waals surface area contributed by atoms with Gasteiger partial charge in [-0.1, -0.05) is 18.5 Å². The topological polar surface area (TPSA) is 97.6 Å². The van der Waals surface area contributed by atoms with Crippen LogP contribution < -0.4 is 10.1 Å². The Morgan fingerprint density at radius 3 is 2.88 bits per heavy atom.